The summed E-state index contributed by atoms with van der Waals surface area (Å²) < 4.78 is 5.28. The zero-order chi connectivity index (χ0) is 18.8. The molecule has 2 amide bonds. The van der Waals surface area contributed by atoms with Crippen molar-refractivity contribution in [2.45, 2.75) is 6.92 Å². The summed E-state index contributed by atoms with van der Waals surface area (Å²) >= 11 is 0. The number of anilines is 1. The first-order chi connectivity index (χ1) is 13.2. The molecule has 3 aromatic rings. The van der Waals surface area contributed by atoms with E-state index in [2.05, 4.69) is 0 Å². The van der Waals surface area contributed by atoms with Crippen molar-refractivity contribution >= 4 is 29.2 Å². The highest BCUT2D eigenvalue weighted by atomic mass is 16.3. The van der Waals surface area contributed by atoms with E-state index in [9.17, 15) is 9.59 Å². The first-order valence-electron chi connectivity index (χ1n) is 8.62. The number of allylic oxidation sites excluding steroid dienone is 2. The third kappa shape index (κ3) is 3.02. The van der Waals surface area contributed by atoms with E-state index in [0.29, 0.717) is 28.1 Å². The van der Waals surface area contributed by atoms with Crippen LogP contribution in [0.4, 0.5) is 5.69 Å². The van der Waals surface area contributed by atoms with Gasteiger partial charge in [-0.2, -0.15) is 0 Å². The van der Waals surface area contributed by atoms with Crippen molar-refractivity contribution in [2.75, 3.05) is 4.90 Å². The molecule has 0 N–H and O–H groups in total. The van der Waals surface area contributed by atoms with Gasteiger partial charge < -0.3 is 4.42 Å². The minimum Gasteiger partial charge on any atom is -0.465 e. The van der Waals surface area contributed by atoms with Gasteiger partial charge in [-0.05, 0) is 54.5 Å². The van der Waals surface area contributed by atoms with Gasteiger partial charge in [-0.3, -0.25) is 9.59 Å². The van der Waals surface area contributed by atoms with Crippen LogP contribution in [-0.4, -0.2) is 11.8 Å². The van der Waals surface area contributed by atoms with E-state index >= 15 is 0 Å². The van der Waals surface area contributed by atoms with Crippen LogP contribution in [0.2, 0.25) is 0 Å². The quantitative estimate of drug-likeness (QED) is 0.497. The van der Waals surface area contributed by atoms with Crippen LogP contribution in [0.15, 0.2) is 83.5 Å². The maximum atomic E-state index is 13.2. The van der Waals surface area contributed by atoms with E-state index < -0.39 is 0 Å². The van der Waals surface area contributed by atoms with Crippen LogP contribution in [0.3, 0.4) is 0 Å². The Hall–Kier alpha value is -3.66. The van der Waals surface area contributed by atoms with Gasteiger partial charge in [-0.1, -0.05) is 42.5 Å². The van der Waals surface area contributed by atoms with Crippen LogP contribution in [-0.2, 0) is 4.79 Å². The SMILES string of the molecule is Cc1ccccc1N1C(=O)/C(=C/C=C\c2ccco2)c2ccccc2C1=O. The summed E-state index contributed by atoms with van der Waals surface area (Å²) in [5, 5.41) is 0. The molecular weight excluding hydrogens is 338 g/mol. The lowest BCUT2D eigenvalue weighted by atomic mass is 9.92. The number of imide groups is 1. The Kier molecular flexibility index (Phi) is 4.30. The number of furan rings is 1. The summed E-state index contributed by atoms with van der Waals surface area (Å²) in [7, 11) is 0. The summed E-state index contributed by atoms with van der Waals surface area (Å²) in [6.45, 7) is 1.89. The van der Waals surface area contributed by atoms with Gasteiger partial charge in [0.05, 0.1) is 12.0 Å². The number of rotatable bonds is 3. The maximum Gasteiger partial charge on any atom is 0.265 e. The Bertz CT molecular complexity index is 1070. The van der Waals surface area contributed by atoms with Gasteiger partial charge in [0.1, 0.15) is 5.76 Å². The van der Waals surface area contributed by atoms with Gasteiger partial charge in [-0.25, -0.2) is 4.90 Å². The van der Waals surface area contributed by atoms with Gasteiger partial charge in [0.2, 0.25) is 0 Å². The average molecular weight is 355 g/mol. The third-order valence-corrected chi connectivity index (χ3v) is 4.51. The summed E-state index contributed by atoms with van der Waals surface area (Å²) in [5.74, 6) is 0.0457. The predicted octanol–water partition coefficient (Wildman–Crippen LogP) is 4.87. The average Bonchev–Trinajstić information content (AvgIpc) is 3.19. The molecule has 0 fully saturated rings. The number of hydrogen-bond acceptors (Lipinski definition) is 3. The number of amides is 2. The van der Waals surface area contributed by atoms with E-state index in [0.717, 1.165) is 5.56 Å². The summed E-state index contributed by atoms with van der Waals surface area (Å²) in [5.41, 5.74) is 3.09. The number of carbonyl (C=O) groups is 2. The van der Waals surface area contributed by atoms with Crippen molar-refractivity contribution in [1.82, 2.24) is 0 Å². The topological polar surface area (TPSA) is 50.5 Å². The number of para-hydroxylation sites is 1. The maximum absolute atomic E-state index is 13.2. The molecule has 0 saturated heterocycles. The second-order valence-electron chi connectivity index (χ2n) is 6.23. The molecule has 0 bridgehead atoms. The van der Waals surface area contributed by atoms with Gasteiger partial charge in [0.25, 0.3) is 11.8 Å². The number of hydrogen-bond donors (Lipinski definition) is 0. The second-order valence-corrected chi connectivity index (χ2v) is 6.23. The van der Waals surface area contributed by atoms with Crippen LogP contribution >= 0.6 is 0 Å². The van der Waals surface area contributed by atoms with Gasteiger partial charge in [-0.15, -0.1) is 0 Å². The molecule has 4 rings (SSSR count). The lowest BCUT2D eigenvalue weighted by molar-refractivity contribution is -0.112. The number of carbonyl (C=O) groups excluding carboxylic acids is 2. The monoisotopic (exact) mass is 355 g/mol. The fourth-order valence-corrected chi connectivity index (χ4v) is 3.17. The lowest BCUT2D eigenvalue weighted by Gasteiger charge is -2.29. The lowest BCUT2D eigenvalue weighted by Crippen LogP contribution is -2.42. The fraction of sp³-hybridized carbons (Fsp3) is 0.0435. The molecule has 1 aliphatic rings. The Labute approximate surface area is 157 Å². The Morgan fingerprint density at radius 2 is 1.59 bits per heavy atom. The first-order valence-corrected chi connectivity index (χ1v) is 8.62. The number of aryl methyl sites for hydroxylation is 1. The van der Waals surface area contributed by atoms with Crippen molar-refractivity contribution in [3.05, 3.63) is 102 Å². The Morgan fingerprint density at radius 3 is 2.33 bits per heavy atom. The van der Waals surface area contributed by atoms with E-state index in [1.54, 1.807) is 54.8 Å². The highest BCUT2D eigenvalue weighted by Crippen LogP contribution is 2.33. The molecule has 132 valence electrons. The van der Waals surface area contributed by atoms with Gasteiger partial charge in [0.15, 0.2) is 0 Å². The number of nitrogens with zero attached hydrogens (tertiary/aromatic N) is 1. The van der Waals surface area contributed by atoms with Crippen molar-refractivity contribution in [3.8, 4) is 0 Å². The van der Waals surface area contributed by atoms with Crippen LogP contribution < -0.4 is 4.90 Å². The van der Waals surface area contributed by atoms with Crippen LogP contribution in [0.5, 0.6) is 0 Å². The predicted molar refractivity (Wildman–Crippen MR) is 105 cm³/mol. The zero-order valence-electron chi connectivity index (χ0n) is 14.8. The zero-order valence-corrected chi connectivity index (χ0v) is 14.8. The minimum absolute atomic E-state index is 0.308. The normalized spacial score (nSPS) is 15.6. The largest absolute Gasteiger partial charge is 0.465 e. The fourth-order valence-electron chi connectivity index (χ4n) is 3.17. The van der Waals surface area contributed by atoms with Crippen LogP contribution in [0.25, 0.3) is 11.6 Å². The van der Waals surface area contributed by atoms with E-state index in [-0.39, 0.29) is 11.8 Å². The van der Waals surface area contributed by atoms with E-state index in [4.69, 9.17) is 4.42 Å². The Morgan fingerprint density at radius 1 is 0.852 bits per heavy atom. The van der Waals surface area contributed by atoms with Crippen molar-refractivity contribution in [2.24, 2.45) is 0 Å². The third-order valence-electron chi connectivity index (χ3n) is 4.51. The van der Waals surface area contributed by atoms with Crippen LogP contribution in [0, 0.1) is 6.92 Å². The molecule has 2 heterocycles. The van der Waals surface area contributed by atoms with Crippen molar-refractivity contribution in [1.29, 1.82) is 0 Å². The highest BCUT2D eigenvalue weighted by molar-refractivity contribution is 6.41. The summed E-state index contributed by atoms with van der Waals surface area (Å²) in [4.78, 5) is 27.5. The molecule has 0 spiro atoms. The standard InChI is InChI=1S/C23H17NO3/c1-16-8-2-5-14-21(16)24-22(25)19-12-4-3-11-18(19)20(23(24)26)13-6-9-17-10-7-15-27-17/h2-15H,1H3/b9-6-,20-13+. The molecule has 0 unspecified atom stereocenters. The van der Waals surface area contributed by atoms with Gasteiger partial charge >= 0.3 is 0 Å². The molecule has 0 radical (unpaired) electrons. The minimum atomic E-state index is -0.336. The van der Waals surface area contributed by atoms with Crippen LogP contribution in [0.1, 0.15) is 27.2 Å². The molecule has 0 aliphatic carbocycles. The first kappa shape index (κ1) is 16.8. The molecule has 27 heavy (non-hydrogen) atoms. The molecule has 2 aromatic carbocycles. The molecule has 0 atom stereocenters. The molecular formula is C23H17NO3. The van der Waals surface area contributed by atoms with Crippen molar-refractivity contribution < 1.29 is 14.0 Å². The summed E-state index contributed by atoms with van der Waals surface area (Å²) in [6.07, 6.45) is 6.85. The van der Waals surface area contributed by atoms with Crippen molar-refractivity contribution in [3.63, 3.8) is 0 Å². The van der Waals surface area contributed by atoms with Gasteiger partial charge in [0, 0.05) is 11.1 Å². The Balaban J connectivity index is 1.83. The number of benzene rings is 2. The molecule has 4 heteroatoms. The molecule has 1 aromatic heterocycles. The summed E-state index contributed by atoms with van der Waals surface area (Å²) in [6, 6.07) is 18.2. The molecule has 4 nitrogen and oxygen atoms in total. The van der Waals surface area contributed by atoms with E-state index in [1.165, 1.54) is 4.90 Å². The smallest absolute Gasteiger partial charge is 0.265 e. The molecule has 1 aliphatic heterocycles. The number of fused-ring (bicyclic) bond motifs is 1. The highest BCUT2D eigenvalue weighted by Gasteiger charge is 2.35. The second kappa shape index (κ2) is 6.92. The van der Waals surface area contributed by atoms with E-state index in [1.807, 2.05) is 37.3 Å². The molecule has 0 saturated carbocycles.